The van der Waals surface area contributed by atoms with E-state index in [1.807, 2.05) is 0 Å². The van der Waals surface area contributed by atoms with Crippen LogP contribution in [0.4, 0.5) is 0 Å². The van der Waals surface area contributed by atoms with Gasteiger partial charge in [-0.2, -0.15) is 0 Å². The van der Waals surface area contributed by atoms with Crippen LogP contribution in [0.2, 0.25) is 0 Å². The molecule has 5 nitrogen and oxygen atoms in total. The number of aldehydes is 1. The highest BCUT2D eigenvalue weighted by Gasteiger charge is 2.05. The topological polar surface area (TPSA) is 61.8 Å². The van der Waals surface area contributed by atoms with E-state index >= 15 is 0 Å². The summed E-state index contributed by atoms with van der Waals surface area (Å²) in [6.45, 7) is 1.68. The van der Waals surface area contributed by atoms with Crippen LogP contribution in [0.15, 0.2) is 18.2 Å². The van der Waals surface area contributed by atoms with Crippen molar-refractivity contribution in [3.63, 3.8) is 0 Å². The molecule has 0 amide bonds. The van der Waals surface area contributed by atoms with E-state index in [2.05, 4.69) is 0 Å². The molecule has 0 aliphatic heterocycles. The third-order valence-electron chi connectivity index (χ3n) is 1.99. The molecule has 1 aromatic carbocycles. The molecule has 17 heavy (non-hydrogen) atoms. The average molecular weight is 238 g/mol. The molecule has 1 rings (SSSR count). The lowest BCUT2D eigenvalue weighted by Gasteiger charge is -2.09. The summed E-state index contributed by atoms with van der Waals surface area (Å²) in [7, 11) is 1.52. The van der Waals surface area contributed by atoms with Gasteiger partial charge in [0.05, 0.1) is 12.7 Å². The van der Waals surface area contributed by atoms with E-state index < -0.39 is 0 Å². The predicted octanol–water partition coefficient (Wildman–Crippen LogP) is 1.45. The fourth-order valence-electron chi connectivity index (χ4n) is 1.21. The molecule has 0 saturated carbocycles. The van der Waals surface area contributed by atoms with Crippen molar-refractivity contribution in [3.05, 3.63) is 23.8 Å². The number of methoxy groups -OCH3 is 1. The third-order valence-corrected chi connectivity index (χ3v) is 1.99. The van der Waals surface area contributed by atoms with Crippen LogP contribution >= 0.6 is 0 Å². The summed E-state index contributed by atoms with van der Waals surface area (Å²) in [5.74, 6) is 0.659. The summed E-state index contributed by atoms with van der Waals surface area (Å²) in [5.41, 5.74) is 0.396. The Balaban J connectivity index is 2.58. The fraction of sp³-hybridized carbons (Fsp3) is 0.333. The molecule has 0 aliphatic carbocycles. The van der Waals surface area contributed by atoms with E-state index in [4.69, 9.17) is 14.2 Å². The Labute approximate surface area is 99.3 Å². The Bertz CT molecular complexity index is 400. The Kier molecular flexibility index (Phi) is 5.00. The molecular weight excluding hydrogens is 224 g/mol. The van der Waals surface area contributed by atoms with Gasteiger partial charge in [-0.3, -0.25) is 9.59 Å². The molecular formula is C12H14O5. The van der Waals surface area contributed by atoms with Crippen molar-refractivity contribution >= 4 is 12.3 Å². The predicted molar refractivity (Wildman–Crippen MR) is 60.5 cm³/mol. The number of carbonyl (C=O) groups is 2. The summed E-state index contributed by atoms with van der Waals surface area (Å²) in [4.78, 5) is 21.3. The highest BCUT2D eigenvalue weighted by Crippen LogP contribution is 2.22. The van der Waals surface area contributed by atoms with Gasteiger partial charge in [0.25, 0.3) is 0 Å². The molecule has 0 atom stereocenters. The summed E-state index contributed by atoms with van der Waals surface area (Å²) >= 11 is 0. The number of carbonyl (C=O) groups excluding carboxylic acids is 2. The molecule has 0 aliphatic rings. The van der Waals surface area contributed by atoms with Crippen LogP contribution in [-0.4, -0.2) is 32.6 Å². The van der Waals surface area contributed by atoms with Gasteiger partial charge in [0, 0.05) is 6.92 Å². The standard InChI is InChI=1S/C12H14O5/c1-9(14)16-5-6-17-12-4-3-11(15-2)7-10(12)8-13/h3-4,7-8H,5-6H2,1-2H3. The molecule has 0 bridgehead atoms. The zero-order chi connectivity index (χ0) is 12.7. The van der Waals surface area contributed by atoms with Gasteiger partial charge in [-0.05, 0) is 18.2 Å². The lowest BCUT2D eigenvalue weighted by atomic mass is 10.2. The van der Waals surface area contributed by atoms with Crippen molar-refractivity contribution in [1.82, 2.24) is 0 Å². The van der Waals surface area contributed by atoms with Crippen LogP contribution in [0.3, 0.4) is 0 Å². The minimum absolute atomic E-state index is 0.152. The number of rotatable bonds is 6. The van der Waals surface area contributed by atoms with E-state index in [0.717, 1.165) is 0 Å². The van der Waals surface area contributed by atoms with Gasteiger partial charge >= 0.3 is 5.97 Å². The Morgan fingerprint density at radius 3 is 2.71 bits per heavy atom. The van der Waals surface area contributed by atoms with Crippen molar-refractivity contribution in [2.24, 2.45) is 0 Å². The molecule has 0 spiro atoms. The van der Waals surface area contributed by atoms with Crippen LogP contribution in [0.25, 0.3) is 0 Å². The molecule has 0 N–H and O–H groups in total. The SMILES string of the molecule is COc1ccc(OCCOC(C)=O)c(C=O)c1. The first-order valence-electron chi connectivity index (χ1n) is 5.06. The van der Waals surface area contributed by atoms with Crippen molar-refractivity contribution in [3.8, 4) is 11.5 Å². The van der Waals surface area contributed by atoms with Crippen molar-refractivity contribution < 1.29 is 23.8 Å². The quantitative estimate of drug-likeness (QED) is 0.426. The van der Waals surface area contributed by atoms with Crippen LogP contribution in [0.1, 0.15) is 17.3 Å². The highest BCUT2D eigenvalue weighted by atomic mass is 16.6. The second kappa shape index (κ2) is 6.52. The normalized spacial score (nSPS) is 9.53. The lowest BCUT2D eigenvalue weighted by molar-refractivity contribution is -0.141. The van der Waals surface area contributed by atoms with Gasteiger partial charge in [-0.1, -0.05) is 0 Å². The van der Waals surface area contributed by atoms with E-state index in [-0.39, 0.29) is 19.2 Å². The minimum atomic E-state index is -0.362. The number of benzene rings is 1. The third kappa shape index (κ3) is 4.14. The number of esters is 1. The second-order valence-electron chi connectivity index (χ2n) is 3.21. The fourth-order valence-corrected chi connectivity index (χ4v) is 1.21. The van der Waals surface area contributed by atoms with E-state index in [9.17, 15) is 9.59 Å². The van der Waals surface area contributed by atoms with Crippen LogP contribution in [0.5, 0.6) is 11.5 Å². The van der Waals surface area contributed by atoms with E-state index in [1.165, 1.54) is 14.0 Å². The van der Waals surface area contributed by atoms with Crippen LogP contribution in [-0.2, 0) is 9.53 Å². The molecule has 0 radical (unpaired) electrons. The zero-order valence-electron chi connectivity index (χ0n) is 9.76. The molecule has 92 valence electrons. The van der Waals surface area contributed by atoms with Crippen LogP contribution < -0.4 is 9.47 Å². The summed E-state index contributed by atoms with van der Waals surface area (Å²) in [5, 5.41) is 0. The number of hydrogen-bond acceptors (Lipinski definition) is 5. The summed E-state index contributed by atoms with van der Waals surface area (Å²) in [6, 6.07) is 4.90. The van der Waals surface area contributed by atoms with Gasteiger partial charge < -0.3 is 14.2 Å². The van der Waals surface area contributed by atoms with Crippen molar-refractivity contribution in [1.29, 1.82) is 0 Å². The van der Waals surface area contributed by atoms with Gasteiger partial charge in [-0.25, -0.2) is 0 Å². The van der Waals surface area contributed by atoms with Gasteiger partial charge in [-0.15, -0.1) is 0 Å². The minimum Gasteiger partial charge on any atom is -0.497 e. The maximum Gasteiger partial charge on any atom is 0.302 e. The maximum absolute atomic E-state index is 10.8. The molecule has 1 aromatic rings. The lowest BCUT2D eigenvalue weighted by Crippen LogP contribution is -2.10. The smallest absolute Gasteiger partial charge is 0.302 e. The number of hydrogen-bond donors (Lipinski definition) is 0. The monoisotopic (exact) mass is 238 g/mol. The molecule has 0 aromatic heterocycles. The molecule has 0 heterocycles. The van der Waals surface area contributed by atoms with Gasteiger partial charge in [0.2, 0.25) is 0 Å². The maximum atomic E-state index is 10.8. The average Bonchev–Trinajstić information content (AvgIpc) is 2.34. The first-order valence-corrected chi connectivity index (χ1v) is 5.06. The Morgan fingerprint density at radius 2 is 2.12 bits per heavy atom. The van der Waals surface area contributed by atoms with Crippen molar-refractivity contribution in [2.75, 3.05) is 20.3 Å². The molecule has 5 heteroatoms. The van der Waals surface area contributed by atoms with Crippen molar-refractivity contribution in [2.45, 2.75) is 6.92 Å². The molecule has 0 saturated heterocycles. The Hall–Kier alpha value is -2.04. The zero-order valence-corrected chi connectivity index (χ0v) is 9.76. The van der Waals surface area contributed by atoms with Gasteiger partial charge in [0.15, 0.2) is 6.29 Å². The summed E-state index contributed by atoms with van der Waals surface area (Å²) < 4.78 is 15.0. The Morgan fingerprint density at radius 1 is 1.35 bits per heavy atom. The highest BCUT2D eigenvalue weighted by molar-refractivity contribution is 5.80. The van der Waals surface area contributed by atoms with E-state index in [0.29, 0.717) is 23.3 Å². The number of ether oxygens (including phenoxy) is 3. The first kappa shape index (κ1) is 13.0. The second-order valence-corrected chi connectivity index (χ2v) is 3.21. The first-order chi connectivity index (χ1) is 8.17. The summed E-state index contributed by atoms with van der Waals surface area (Å²) in [6.07, 6.45) is 0.684. The molecule has 0 fully saturated rings. The largest absolute Gasteiger partial charge is 0.497 e. The molecule has 0 unspecified atom stereocenters. The van der Waals surface area contributed by atoms with Crippen LogP contribution in [0, 0.1) is 0 Å². The van der Waals surface area contributed by atoms with Gasteiger partial charge in [0.1, 0.15) is 24.7 Å². The van der Waals surface area contributed by atoms with E-state index in [1.54, 1.807) is 18.2 Å².